The van der Waals surface area contributed by atoms with Gasteiger partial charge in [0.15, 0.2) is 0 Å². The van der Waals surface area contributed by atoms with Gasteiger partial charge in [-0.05, 0) is 49.4 Å². The van der Waals surface area contributed by atoms with E-state index in [1.54, 1.807) is 29.5 Å². The van der Waals surface area contributed by atoms with Crippen LogP contribution in [0.25, 0.3) is 21.7 Å². The van der Waals surface area contributed by atoms with Crippen molar-refractivity contribution in [2.24, 2.45) is 0 Å². The molecule has 1 fully saturated rings. The van der Waals surface area contributed by atoms with Crippen LogP contribution in [0.5, 0.6) is 0 Å². The minimum absolute atomic E-state index is 0.153. The third-order valence-electron chi connectivity index (χ3n) is 5.44. The number of ether oxygens (including phenoxy) is 1. The molecule has 1 aromatic carbocycles. The van der Waals surface area contributed by atoms with Crippen molar-refractivity contribution in [1.82, 2.24) is 9.29 Å². The Hall–Kier alpha value is -2.07. The number of rotatable bonds is 3. The number of morpholine rings is 1. The van der Waals surface area contributed by atoms with E-state index in [9.17, 15) is 13.2 Å². The van der Waals surface area contributed by atoms with Gasteiger partial charge in [0.1, 0.15) is 10.2 Å². The molecule has 0 saturated carbocycles. The Bertz CT molecular complexity index is 1240. The average Bonchev–Trinajstić information content (AvgIpc) is 3.13. The van der Waals surface area contributed by atoms with Gasteiger partial charge in [-0.1, -0.05) is 6.07 Å². The summed E-state index contributed by atoms with van der Waals surface area (Å²) >= 11 is 1.54. The molecular weight excluding hydrogens is 412 g/mol. The van der Waals surface area contributed by atoms with Gasteiger partial charge in [0.25, 0.3) is 0 Å². The zero-order valence-electron chi connectivity index (χ0n) is 15.7. The first kappa shape index (κ1) is 18.9. The van der Waals surface area contributed by atoms with Gasteiger partial charge >= 0.3 is 5.63 Å². The van der Waals surface area contributed by atoms with Crippen LogP contribution in [0.15, 0.2) is 38.4 Å². The minimum atomic E-state index is -3.64. The Morgan fingerprint density at radius 2 is 1.90 bits per heavy atom. The van der Waals surface area contributed by atoms with Crippen LogP contribution in [0.2, 0.25) is 0 Å². The summed E-state index contributed by atoms with van der Waals surface area (Å²) in [4.78, 5) is 19.3. The second kappa shape index (κ2) is 7.32. The molecule has 0 atom stereocenters. The summed E-state index contributed by atoms with van der Waals surface area (Å²) in [6.07, 6.45) is 4.05. The van der Waals surface area contributed by atoms with E-state index in [-0.39, 0.29) is 10.8 Å². The largest absolute Gasteiger partial charge is 0.403 e. The van der Waals surface area contributed by atoms with Crippen molar-refractivity contribution < 1.29 is 17.6 Å². The van der Waals surface area contributed by atoms with Crippen LogP contribution in [0.1, 0.15) is 23.3 Å². The van der Waals surface area contributed by atoms with E-state index in [4.69, 9.17) is 9.15 Å². The van der Waals surface area contributed by atoms with Crippen LogP contribution in [-0.4, -0.2) is 44.0 Å². The molecule has 1 saturated heterocycles. The van der Waals surface area contributed by atoms with E-state index in [1.807, 2.05) is 0 Å². The van der Waals surface area contributed by atoms with Crippen molar-refractivity contribution in [3.05, 3.63) is 45.1 Å². The third kappa shape index (κ3) is 3.31. The highest BCUT2D eigenvalue weighted by Gasteiger charge is 2.27. The molecule has 9 heteroatoms. The molecule has 0 bridgehead atoms. The highest BCUT2D eigenvalue weighted by molar-refractivity contribution is 7.89. The summed E-state index contributed by atoms with van der Waals surface area (Å²) in [5.74, 6) is 0.153. The monoisotopic (exact) mass is 432 g/mol. The number of fused-ring (bicyclic) bond motifs is 3. The molecular formula is C20H20N2O5S2. The molecule has 1 aliphatic heterocycles. The number of aryl methyl sites for hydroxylation is 2. The summed E-state index contributed by atoms with van der Waals surface area (Å²) in [5.41, 5.74) is 1.16. The number of hydrogen-bond acceptors (Lipinski definition) is 7. The first-order chi connectivity index (χ1) is 14.0. The number of nitrogens with zero attached hydrogens (tertiary/aromatic N) is 2. The Labute approximate surface area is 172 Å². The maximum atomic E-state index is 12.9. The van der Waals surface area contributed by atoms with Crippen LogP contribution >= 0.6 is 11.3 Å². The predicted octanol–water partition coefficient (Wildman–Crippen LogP) is 2.82. The molecule has 5 rings (SSSR count). The second-order valence-corrected chi connectivity index (χ2v) is 10.3. The molecule has 152 valence electrons. The highest BCUT2D eigenvalue weighted by atomic mass is 32.2. The second-order valence-electron chi connectivity index (χ2n) is 7.24. The fraction of sp³-hybridized carbons (Fsp3) is 0.400. The van der Waals surface area contributed by atoms with E-state index in [1.165, 1.54) is 15.2 Å². The number of thiophene rings is 1. The smallest absolute Gasteiger partial charge is 0.348 e. The lowest BCUT2D eigenvalue weighted by Gasteiger charge is -2.26. The predicted molar refractivity (Wildman–Crippen MR) is 110 cm³/mol. The fourth-order valence-corrected chi connectivity index (χ4v) is 6.64. The summed E-state index contributed by atoms with van der Waals surface area (Å²) in [7, 11) is -3.64. The molecule has 29 heavy (non-hydrogen) atoms. The normalized spacial score (nSPS) is 18.1. The number of hydrogen-bond donors (Lipinski definition) is 0. The van der Waals surface area contributed by atoms with Crippen molar-refractivity contribution in [2.45, 2.75) is 30.6 Å². The number of sulfonamides is 1. The Morgan fingerprint density at radius 1 is 1.10 bits per heavy atom. The van der Waals surface area contributed by atoms with Gasteiger partial charge in [-0.15, -0.1) is 11.3 Å². The van der Waals surface area contributed by atoms with E-state index >= 15 is 0 Å². The zero-order chi connectivity index (χ0) is 20.0. The molecule has 1 aliphatic carbocycles. The number of benzene rings is 1. The average molecular weight is 433 g/mol. The van der Waals surface area contributed by atoms with Gasteiger partial charge in [-0.2, -0.15) is 4.31 Å². The molecule has 0 N–H and O–H groups in total. The van der Waals surface area contributed by atoms with Gasteiger partial charge in [0.2, 0.25) is 15.9 Å². The first-order valence-corrected chi connectivity index (χ1v) is 11.9. The molecule has 0 amide bonds. The minimum Gasteiger partial charge on any atom is -0.403 e. The standard InChI is InChI=1S/C20H20N2O5S2/c23-20-17-15-6-1-2-7-16(15)28-19(17)21-18(27-20)13-4-3-5-14(12-13)29(24,25)22-8-10-26-11-9-22/h3-5,12H,1-2,6-11H2. The molecule has 7 nitrogen and oxygen atoms in total. The van der Waals surface area contributed by atoms with Crippen LogP contribution in [0, 0.1) is 0 Å². The summed E-state index contributed by atoms with van der Waals surface area (Å²) in [6.45, 7) is 1.42. The van der Waals surface area contributed by atoms with Crippen LogP contribution in [0.4, 0.5) is 0 Å². The lowest BCUT2D eigenvalue weighted by molar-refractivity contribution is 0.0730. The first-order valence-electron chi connectivity index (χ1n) is 9.68. The van der Waals surface area contributed by atoms with Gasteiger partial charge in [-0.3, -0.25) is 0 Å². The molecule has 3 aromatic rings. The third-order valence-corrected chi connectivity index (χ3v) is 8.52. The Morgan fingerprint density at radius 3 is 2.72 bits per heavy atom. The molecule has 3 heterocycles. The Balaban J connectivity index is 1.57. The van der Waals surface area contributed by atoms with E-state index in [0.29, 0.717) is 42.1 Å². The zero-order valence-corrected chi connectivity index (χ0v) is 17.4. The summed E-state index contributed by atoms with van der Waals surface area (Å²) in [5, 5.41) is 0.588. The highest BCUT2D eigenvalue weighted by Crippen LogP contribution is 2.35. The van der Waals surface area contributed by atoms with E-state index < -0.39 is 15.6 Å². The maximum absolute atomic E-state index is 12.9. The molecule has 2 aliphatic rings. The molecule has 2 aromatic heterocycles. The van der Waals surface area contributed by atoms with Gasteiger partial charge in [0.05, 0.1) is 18.1 Å². The Kier molecular flexibility index (Phi) is 4.78. The number of aromatic nitrogens is 1. The van der Waals surface area contributed by atoms with Gasteiger partial charge in [0, 0.05) is 23.5 Å². The van der Waals surface area contributed by atoms with Crippen LogP contribution < -0.4 is 5.63 Å². The van der Waals surface area contributed by atoms with Crippen molar-refractivity contribution in [2.75, 3.05) is 26.3 Å². The fourth-order valence-electron chi connectivity index (χ4n) is 3.94. The van der Waals surface area contributed by atoms with Crippen molar-refractivity contribution in [3.8, 4) is 11.5 Å². The molecule has 0 spiro atoms. The van der Waals surface area contributed by atoms with Crippen molar-refractivity contribution >= 4 is 31.6 Å². The van der Waals surface area contributed by atoms with E-state index in [0.717, 1.165) is 31.2 Å². The molecule has 0 unspecified atom stereocenters. The van der Waals surface area contributed by atoms with Crippen molar-refractivity contribution in [3.63, 3.8) is 0 Å². The summed E-state index contributed by atoms with van der Waals surface area (Å²) < 4.78 is 38.1. The van der Waals surface area contributed by atoms with Gasteiger partial charge in [-0.25, -0.2) is 18.2 Å². The topological polar surface area (TPSA) is 89.7 Å². The van der Waals surface area contributed by atoms with Crippen LogP contribution in [-0.2, 0) is 27.6 Å². The summed E-state index contributed by atoms with van der Waals surface area (Å²) in [6, 6.07) is 6.43. The lowest BCUT2D eigenvalue weighted by Crippen LogP contribution is -2.40. The SMILES string of the molecule is O=c1oc(-c2cccc(S(=O)(=O)N3CCOCC3)c2)nc2sc3c(c12)CCCC3. The van der Waals surface area contributed by atoms with Gasteiger partial charge < -0.3 is 9.15 Å². The van der Waals surface area contributed by atoms with Crippen molar-refractivity contribution in [1.29, 1.82) is 0 Å². The van der Waals surface area contributed by atoms with E-state index in [2.05, 4.69) is 4.98 Å². The molecule has 0 radical (unpaired) electrons. The van der Waals surface area contributed by atoms with Crippen LogP contribution in [0.3, 0.4) is 0 Å². The quantitative estimate of drug-likeness (QED) is 0.632. The maximum Gasteiger partial charge on any atom is 0.348 e. The lowest BCUT2D eigenvalue weighted by atomic mass is 9.97.